The van der Waals surface area contributed by atoms with E-state index >= 15 is 0 Å². The van der Waals surface area contributed by atoms with E-state index in [2.05, 4.69) is 10.5 Å². The molecule has 2 aromatic rings. The van der Waals surface area contributed by atoms with Gasteiger partial charge in [0.25, 0.3) is 5.91 Å². The van der Waals surface area contributed by atoms with Crippen molar-refractivity contribution in [1.82, 2.24) is 5.43 Å². The summed E-state index contributed by atoms with van der Waals surface area (Å²) >= 11 is 13.2. The van der Waals surface area contributed by atoms with E-state index in [9.17, 15) is 4.79 Å². The van der Waals surface area contributed by atoms with E-state index in [1.807, 2.05) is 18.4 Å². The average molecular weight is 313 g/mol. The van der Waals surface area contributed by atoms with Crippen LogP contribution in [0.15, 0.2) is 34.7 Å². The predicted octanol–water partition coefficient (Wildman–Crippen LogP) is 4.13. The van der Waals surface area contributed by atoms with Gasteiger partial charge in [0.15, 0.2) is 0 Å². The predicted molar refractivity (Wildman–Crippen MR) is 80.6 cm³/mol. The number of hydrazone groups is 1. The van der Waals surface area contributed by atoms with Crippen molar-refractivity contribution in [3.63, 3.8) is 0 Å². The number of halogens is 2. The van der Waals surface area contributed by atoms with Gasteiger partial charge in [0.1, 0.15) is 0 Å². The number of nitrogens with zero attached hydrogens (tertiary/aromatic N) is 1. The topological polar surface area (TPSA) is 41.5 Å². The van der Waals surface area contributed by atoms with Crippen LogP contribution in [0.2, 0.25) is 10.0 Å². The molecule has 0 aliphatic carbocycles. The first kappa shape index (κ1) is 14.1. The second kappa shape index (κ2) is 6.19. The molecular weight excluding hydrogens is 303 g/mol. The zero-order chi connectivity index (χ0) is 13.8. The zero-order valence-electron chi connectivity index (χ0n) is 9.98. The van der Waals surface area contributed by atoms with Gasteiger partial charge >= 0.3 is 0 Å². The Bertz CT molecular complexity index is 637. The molecule has 1 aromatic carbocycles. The Kier molecular flexibility index (Phi) is 4.58. The third-order valence-electron chi connectivity index (χ3n) is 2.43. The molecule has 2 rings (SSSR count). The van der Waals surface area contributed by atoms with E-state index in [0.717, 1.165) is 10.4 Å². The number of aryl methyl sites for hydroxylation is 1. The summed E-state index contributed by atoms with van der Waals surface area (Å²) in [5.41, 5.74) is 3.98. The molecular formula is C13H10Cl2N2OS. The maximum atomic E-state index is 11.8. The lowest BCUT2D eigenvalue weighted by Gasteiger charge is -2.01. The molecule has 0 saturated carbocycles. The molecule has 0 unspecified atom stereocenters. The van der Waals surface area contributed by atoms with Crippen LogP contribution in [0.5, 0.6) is 0 Å². The van der Waals surface area contributed by atoms with Crippen molar-refractivity contribution in [2.45, 2.75) is 6.92 Å². The summed E-state index contributed by atoms with van der Waals surface area (Å²) in [6, 6.07) is 6.67. The Morgan fingerprint density at radius 1 is 1.32 bits per heavy atom. The lowest BCUT2D eigenvalue weighted by Crippen LogP contribution is -2.17. The fourth-order valence-electron chi connectivity index (χ4n) is 1.37. The molecule has 0 fully saturated rings. The van der Waals surface area contributed by atoms with Gasteiger partial charge in [-0.2, -0.15) is 5.10 Å². The van der Waals surface area contributed by atoms with Gasteiger partial charge in [0, 0.05) is 10.4 Å². The van der Waals surface area contributed by atoms with Crippen LogP contribution in [0.4, 0.5) is 0 Å². The quantitative estimate of drug-likeness (QED) is 0.672. The van der Waals surface area contributed by atoms with E-state index < -0.39 is 0 Å². The van der Waals surface area contributed by atoms with Gasteiger partial charge in [0.2, 0.25) is 0 Å². The lowest BCUT2D eigenvalue weighted by molar-refractivity contribution is 0.0955. The highest BCUT2D eigenvalue weighted by Crippen LogP contribution is 2.22. The molecule has 1 amide bonds. The Morgan fingerprint density at radius 3 is 2.74 bits per heavy atom. The van der Waals surface area contributed by atoms with Gasteiger partial charge in [-0.3, -0.25) is 4.79 Å². The molecule has 98 valence electrons. The number of thiophene rings is 1. The second-order valence-corrected chi connectivity index (χ2v) is 5.56. The van der Waals surface area contributed by atoms with E-state index in [4.69, 9.17) is 23.2 Å². The maximum Gasteiger partial charge on any atom is 0.271 e. The summed E-state index contributed by atoms with van der Waals surface area (Å²) in [6.07, 6.45) is 1.62. The van der Waals surface area contributed by atoms with Crippen molar-refractivity contribution in [2.75, 3.05) is 0 Å². The van der Waals surface area contributed by atoms with Crippen LogP contribution in [0.1, 0.15) is 20.8 Å². The van der Waals surface area contributed by atoms with Crippen LogP contribution in [0.25, 0.3) is 0 Å². The normalized spacial score (nSPS) is 10.9. The highest BCUT2D eigenvalue weighted by molar-refractivity contribution is 7.11. The van der Waals surface area contributed by atoms with Crippen molar-refractivity contribution in [3.8, 4) is 0 Å². The summed E-state index contributed by atoms with van der Waals surface area (Å²) in [4.78, 5) is 12.8. The summed E-state index contributed by atoms with van der Waals surface area (Å²) in [5, 5.41) is 6.64. The molecule has 19 heavy (non-hydrogen) atoms. The molecule has 0 aliphatic rings. The Labute approximate surface area is 124 Å². The number of carbonyl (C=O) groups is 1. The summed E-state index contributed by atoms with van der Waals surface area (Å²) < 4.78 is 0. The zero-order valence-corrected chi connectivity index (χ0v) is 12.3. The molecule has 0 saturated heterocycles. The van der Waals surface area contributed by atoms with Crippen molar-refractivity contribution < 1.29 is 4.79 Å². The number of amides is 1. The second-order valence-electron chi connectivity index (χ2n) is 3.80. The average Bonchev–Trinajstić information content (AvgIpc) is 2.78. The van der Waals surface area contributed by atoms with Crippen LogP contribution in [0, 0.1) is 6.92 Å². The van der Waals surface area contributed by atoms with Crippen LogP contribution < -0.4 is 5.43 Å². The minimum atomic E-state index is -0.330. The highest BCUT2D eigenvalue weighted by atomic mass is 35.5. The number of rotatable bonds is 3. The van der Waals surface area contributed by atoms with Crippen LogP contribution >= 0.6 is 34.5 Å². The Hall–Kier alpha value is -1.36. The van der Waals surface area contributed by atoms with Gasteiger partial charge in [-0.1, -0.05) is 23.2 Å². The number of carbonyl (C=O) groups excluding carboxylic acids is 1. The Balaban J connectivity index is 2.03. The van der Waals surface area contributed by atoms with Crippen molar-refractivity contribution in [3.05, 3.63) is 55.7 Å². The van der Waals surface area contributed by atoms with Crippen molar-refractivity contribution in [2.24, 2.45) is 5.10 Å². The fraction of sp³-hybridized carbons (Fsp3) is 0.0769. The van der Waals surface area contributed by atoms with Gasteiger partial charge in [0.05, 0.1) is 16.3 Å². The molecule has 6 heteroatoms. The van der Waals surface area contributed by atoms with E-state index in [1.165, 1.54) is 6.07 Å². The minimum Gasteiger partial charge on any atom is -0.267 e. The number of benzene rings is 1. The highest BCUT2D eigenvalue weighted by Gasteiger charge is 2.06. The SMILES string of the molecule is Cc1ccsc1/C=N/NC(=O)c1ccc(Cl)c(Cl)c1. The fourth-order valence-corrected chi connectivity index (χ4v) is 2.45. The van der Waals surface area contributed by atoms with Gasteiger partial charge < -0.3 is 0 Å². The molecule has 0 spiro atoms. The minimum absolute atomic E-state index is 0.330. The van der Waals surface area contributed by atoms with Crippen LogP contribution in [-0.2, 0) is 0 Å². The number of hydrogen-bond donors (Lipinski definition) is 1. The monoisotopic (exact) mass is 312 g/mol. The first-order chi connectivity index (χ1) is 9.08. The van der Waals surface area contributed by atoms with E-state index in [-0.39, 0.29) is 5.91 Å². The third-order valence-corrected chi connectivity index (χ3v) is 4.12. The third kappa shape index (κ3) is 3.56. The molecule has 1 heterocycles. The van der Waals surface area contributed by atoms with Gasteiger partial charge in [-0.15, -0.1) is 11.3 Å². The number of hydrogen-bond acceptors (Lipinski definition) is 3. The first-order valence-corrected chi connectivity index (χ1v) is 7.04. The van der Waals surface area contributed by atoms with E-state index in [1.54, 1.807) is 29.7 Å². The molecule has 0 radical (unpaired) electrons. The van der Waals surface area contributed by atoms with Gasteiger partial charge in [-0.25, -0.2) is 5.43 Å². The molecule has 0 bridgehead atoms. The molecule has 3 nitrogen and oxygen atoms in total. The van der Waals surface area contributed by atoms with Crippen LogP contribution in [-0.4, -0.2) is 12.1 Å². The molecule has 0 aliphatic heterocycles. The first-order valence-electron chi connectivity index (χ1n) is 5.40. The number of nitrogens with one attached hydrogen (secondary N) is 1. The van der Waals surface area contributed by atoms with Crippen molar-refractivity contribution >= 4 is 46.7 Å². The molecule has 1 N–H and O–H groups in total. The van der Waals surface area contributed by atoms with Gasteiger partial charge in [-0.05, 0) is 42.1 Å². The maximum absolute atomic E-state index is 11.8. The summed E-state index contributed by atoms with van der Waals surface area (Å²) in [6.45, 7) is 1.98. The summed E-state index contributed by atoms with van der Waals surface area (Å²) in [5.74, 6) is -0.330. The molecule has 1 aromatic heterocycles. The largest absolute Gasteiger partial charge is 0.271 e. The smallest absolute Gasteiger partial charge is 0.267 e. The van der Waals surface area contributed by atoms with E-state index in [0.29, 0.717) is 15.6 Å². The van der Waals surface area contributed by atoms with Crippen molar-refractivity contribution in [1.29, 1.82) is 0 Å². The van der Waals surface area contributed by atoms with Crippen LogP contribution in [0.3, 0.4) is 0 Å². The summed E-state index contributed by atoms with van der Waals surface area (Å²) in [7, 11) is 0. The Morgan fingerprint density at radius 2 is 2.11 bits per heavy atom. The lowest BCUT2D eigenvalue weighted by atomic mass is 10.2. The standard InChI is InChI=1S/C13H10Cl2N2OS/c1-8-4-5-19-12(8)7-16-17-13(18)9-2-3-10(14)11(15)6-9/h2-7H,1H3,(H,17,18)/b16-7+. The molecule has 0 atom stereocenters.